The molecule has 2 fully saturated rings. The molecule has 4 unspecified atom stereocenters. The maximum absolute atomic E-state index is 11.9. The summed E-state index contributed by atoms with van der Waals surface area (Å²) < 4.78 is 0. The molecule has 0 heterocycles. The van der Waals surface area contributed by atoms with Crippen LogP contribution in [0.3, 0.4) is 0 Å². The lowest BCUT2D eigenvalue weighted by atomic mass is 9.49. The van der Waals surface area contributed by atoms with Crippen molar-refractivity contribution in [2.24, 2.45) is 34.5 Å². The first-order valence-corrected chi connectivity index (χ1v) is 10.0. The molecule has 2 heteroatoms. The number of ketones is 1. The van der Waals surface area contributed by atoms with Gasteiger partial charge in [-0.15, -0.1) is 0 Å². The summed E-state index contributed by atoms with van der Waals surface area (Å²) >= 11 is 0. The van der Waals surface area contributed by atoms with Gasteiger partial charge in [-0.3, -0.25) is 4.79 Å². The van der Waals surface area contributed by atoms with Crippen molar-refractivity contribution in [3.8, 4) is 0 Å². The van der Waals surface area contributed by atoms with Crippen molar-refractivity contribution in [1.82, 2.24) is 0 Å². The summed E-state index contributed by atoms with van der Waals surface area (Å²) in [4.78, 5) is 11.9. The first-order valence-electron chi connectivity index (χ1n) is 10.0. The smallest absolute Gasteiger partial charge is 0.156 e. The van der Waals surface area contributed by atoms with Crippen LogP contribution in [0.25, 0.3) is 0 Å². The fourth-order valence-corrected chi connectivity index (χ4v) is 6.80. The molecule has 132 valence electrons. The summed E-state index contributed by atoms with van der Waals surface area (Å²) in [5, 5.41) is 11.0. The third-order valence-electron chi connectivity index (χ3n) is 8.29. The Balaban J connectivity index is 1.69. The van der Waals surface area contributed by atoms with E-state index in [1.807, 2.05) is 6.08 Å². The van der Waals surface area contributed by atoms with Crippen LogP contribution in [-0.4, -0.2) is 17.0 Å². The lowest BCUT2D eigenvalue weighted by Crippen LogP contribution is -2.49. The van der Waals surface area contributed by atoms with Crippen LogP contribution in [0.1, 0.15) is 65.7 Å². The van der Waals surface area contributed by atoms with E-state index in [1.54, 1.807) is 0 Å². The molecule has 0 radical (unpaired) electrons. The molecule has 2 saturated carbocycles. The molecular weight excluding hydrogens is 296 g/mol. The highest BCUT2D eigenvalue weighted by Crippen LogP contribution is 2.64. The zero-order chi connectivity index (χ0) is 17.1. The molecule has 0 aromatic carbocycles. The van der Waals surface area contributed by atoms with E-state index in [2.05, 4.69) is 32.9 Å². The maximum atomic E-state index is 11.9. The number of carbonyl (C=O) groups excluding carboxylic acids is 1. The van der Waals surface area contributed by atoms with Gasteiger partial charge in [-0.1, -0.05) is 39.3 Å². The van der Waals surface area contributed by atoms with Crippen LogP contribution in [-0.2, 0) is 4.79 Å². The van der Waals surface area contributed by atoms with Crippen LogP contribution in [0.2, 0.25) is 0 Å². The highest BCUT2D eigenvalue weighted by atomic mass is 16.3. The first-order chi connectivity index (χ1) is 11.4. The Morgan fingerprint density at radius 3 is 2.79 bits per heavy atom. The zero-order valence-corrected chi connectivity index (χ0v) is 15.4. The molecule has 1 N–H and O–H groups in total. The largest absolute Gasteiger partial charge is 0.392 e. The van der Waals surface area contributed by atoms with Crippen LogP contribution in [0.15, 0.2) is 23.8 Å². The van der Waals surface area contributed by atoms with Gasteiger partial charge in [0.15, 0.2) is 5.78 Å². The topological polar surface area (TPSA) is 37.3 Å². The van der Waals surface area contributed by atoms with E-state index in [9.17, 15) is 9.90 Å². The Kier molecular flexibility index (Phi) is 3.84. The van der Waals surface area contributed by atoms with E-state index in [1.165, 1.54) is 24.8 Å². The molecule has 0 amide bonds. The van der Waals surface area contributed by atoms with E-state index in [-0.39, 0.29) is 16.9 Å². The average Bonchev–Trinajstić information content (AvgIpc) is 2.81. The van der Waals surface area contributed by atoms with Crippen molar-refractivity contribution < 1.29 is 9.90 Å². The monoisotopic (exact) mass is 328 g/mol. The van der Waals surface area contributed by atoms with Gasteiger partial charge in [0, 0.05) is 6.42 Å². The number of carbonyl (C=O) groups is 1. The van der Waals surface area contributed by atoms with Gasteiger partial charge in [-0.2, -0.15) is 0 Å². The third-order valence-corrected chi connectivity index (χ3v) is 8.29. The molecule has 2 nitrogen and oxygen atoms in total. The minimum atomic E-state index is -0.130. The minimum Gasteiger partial charge on any atom is -0.392 e. The van der Waals surface area contributed by atoms with Gasteiger partial charge in [0.05, 0.1) is 6.10 Å². The van der Waals surface area contributed by atoms with Gasteiger partial charge in [0.1, 0.15) is 0 Å². The second kappa shape index (κ2) is 5.56. The first kappa shape index (κ1) is 16.6. The van der Waals surface area contributed by atoms with Crippen molar-refractivity contribution in [2.75, 3.05) is 0 Å². The lowest BCUT2D eigenvalue weighted by molar-refractivity contribution is -0.116. The third kappa shape index (κ3) is 2.14. The second-order valence-electron chi connectivity index (χ2n) is 9.41. The molecular formula is C22H32O2. The Bertz CT molecular complexity index is 603. The second-order valence-corrected chi connectivity index (χ2v) is 9.41. The molecule has 0 bridgehead atoms. The van der Waals surface area contributed by atoms with Crippen molar-refractivity contribution in [1.29, 1.82) is 0 Å². The van der Waals surface area contributed by atoms with E-state index in [0.29, 0.717) is 35.9 Å². The van der Waals surface area contributed by atoms with Gasteiger partial charge in [0.25, 0.3) is 0 Å². The van der Waals surface area contributed by atoms with Gasteiger partial charge in [0.2, 0.25) is 0 Å². The maximum Gasteiger partial charge on any atom is 0.156 e. The van der Waals surface area contributed by atoms with Crippen molar-refractivity contribution in [3.05, 3.63) is 23.8 Å². The molecule has 0 aromatic rings. The number of allylic oxidation sites excluding steroid dienone is 4. The Labute approximate surface area is 146 Å². The number of rotatable bonds is 2. The summed E-state index contributed by atoms with van der Waals surface area (Å²) in [7, 11) is 0. The minimum absolute atomic E-state index is 0.0907. The van der Waals surface area contributed by atoms with Gasteiger partial charge >= 0.3 is 0 Å². The van der Waals surface area contributed by atoms with Crippen LogP contribution in [0.4, 0.5) is 0 Å². The summed E-state index contributed by atoms with van der Waals surface area (Å²) in [6.07, 6.45) is 14.0. The Hall–Kier alpha value is -0.890. The predicted molar refractivity (Wildman–Crippen MR) is 96.4 cm³/mol. The molecule has 7 atom stereocenters. The number of hydrogen-bond acceptors (Lipinski definition) is 2. The van der Waals surface area contributed by atoms with E-state index in [4.69, 9.17) is 0 Å². The Morgan fingerprint density at radius 2 is 2.04 bits per heavy atom. The molecule has 0 aromatic heterocycles. The van der Waals surface area contributed by atoms with Crippen LogP contribution >= 0.6 is 0 Å². The molecule has 4 rings (SSSR count). The SMILES string of the molecule is CCC[C@@H]1CC2C3C=CC4=CC(=O)CC[C@]4(C)C3CC[C@]2(C)C1O. The molecule has 0 spiro atoms. The molecule has 4 aliphatic rings. The number of hydrogen-bond donors (Lipinski definition) is 1. The summed E-state index contributed by atoms with van der Waals surface area (Å²) in [6.45, 7) is 6.97. The van der Waals surface area contributed by atoms with Crippen molar-refractivity contribution in [2.45, 2.75) is 71.8 Å². The number of fused-ring (bicyclic) bond motifs is 5. The molecule has 0 saturated heterocycles. The summed E-state index contributed by atoms with van der Waals surface area (Å²) in [5.74, 6) is 2.61. The highest BCUT2D eigenvalue weighted by molar-refractivity contribution is 5.92. The van der Waals surface area contributed by atoms with Gasteiger partial charge in [-0.25, -0.2) is 0 Å². The quantitative estimate of drug-likeness (QED) is 0.799. The number of aliphatic hydroxyl groups excluding tert-OH is 1. The molecule has 4 aliphatic carbocycles. The highest BCUT2D eigenvalue weighted by Gasteiger charge is 2.59. The zero-order valence-electron chi connectivity index (χ0n) is 15.4. The van der Waals surface area contributed by atoms with E-state index in [0.717, 1.165) is 19.3 Å². The van der Waals surface area contributed by atoms with E-state index < -0.39 is 0 Å². The fraction of sp³-hybridized carbons (Fsp3) is 0.773. The Morgan fingerprint density at radius 1 is 1.25 bits per heavy atom. The van der Waals surface area contributed by atoms with Crippen LogP contribution in [0.5, 0.6) is 0 Å². The summed E-state index contributed by atoms with van der Waals surface area (Å²) in [5.41, 5.74) is 1.53. The predicted octanol–water partition coefficient (Wildman–Crippen LogP) is 4.68. The number of aliphatic hydroxyl groups is 1. The van der Waals surface area contributed by atoms with E-state index >= 15 is 0 Å². The van der Waals surface area contributed by atoms with Crippen LogP contribution in [0, 0.1) is 34.5 Å². The van der Waals surface area contributed by atoms with Crippen molar-refractivity contribution in [3.63, 3.8) is 0 Å². The summed E-state index contributed by atoms with van der Waals surface area (Å²) in [6, 6.07) is 0. The fourth-order valence-electron chi connectivity index (χ4n) is 6.80. The lowest BCUT2D eigenvalue weighted by Gasteiger charge is -2.55. The van der Waals surface area contributed by atoms with Crippen molar-refractivity contribution >= 4 is 5.78 Å². The molecule has 0 aliphatic heterocycles. The van der Waals surface area contributed by atoms with Gasteiger partial charge in [-0.05, 0) is 78.3 Å². The van der Waals surface area contributed by atoms with Crippen LogP contribution < -0.4 is 0 Å². The molecule has 24 heavy (non-hydrogen) atoms. The average molecular weight is 328 g/mol. The standard InChI is InChI=1S/C22H32O2/c1-4-5-14-12-19-17-7-6-15-13-16(23)8-10-21(15,2)18(17)9-11-22(19,3)20(14)24/h6-7,13-14,17-20,24H,4-5,8-12H2,1-3H3/t14-,17?,18?,19?,20?,21+,22+/m1/s1. The van der Waals surface area contributed by atoms with Gasteiger partial charge < -0.3 is 5.11 Å². The normalized spacial score (nSPS) is 50.1.